The van der Waals surface area contributed by atoms with Crippen LogP contribution >= 0.6 is 11.6 Å². The largest absolute Gasteiger partial charge is 0.494 e. The molecule has 0 aliphatic heterocycles. The second kappa shape index (κ2) is 5.19. The molecule has 1 aromatic carbocycles. The Morgan fingerprint density at radius 1 is 1.47 bits per heavy atom. The van der Waals surface area contributed by atoms with Crippen molar-refractivity contribution in [2.45, 2.75) is 19.2 Å². The van der Waals surface area contributed by atoms with E-state index < -0.39 is 0 Å². The normalized spacial score (nSPS) is 12.4. The molecule has 0 bridgehead atoms. The molecule has 0 spiro atoms. The molecule has 2 aromatic rings. The van der Waals surface area contributed by atoms with Crippen molar-refractivity contribution in [3.05, 3.63) is 36.2 Å². The average molecular weight is 252 g/mol. The first-order chi connectivity index (χ1) is 8.20. The van der Waals surface area contributed by atoms with Crippen LogP contribution in [0.4, 0.5) is 0 Å². The molecule has 0 saturated carbocycles. The molecule has 0 saturated heterocycles. The summed E-state index contributed by atoms with van der Waals surface area (Å²) >= 11 is 5.94. The number of ether oxygens (including phenoxy) is 1. The van der Waals surface area contributed by atoms with Gasteiger partial charge >= 0.3 is 0 Å². The molecule has 0 N–H and O–H groups in total. The SMILES string of the molecule is CCOc1cccc(-n2cc(C(C)Cl)nn2)c1. The van der Waals surface area contributed by atoms with E-state index in [4.69, 9.17) is 16.3 Å². The van der Waals surface area contributed by atoms with Gasteiger partial charge in [-0.3, -0.25) is 0 Å². The monoisotopic (exact) mass is 251 g/mol. The summed E-state index contributed by atoms with van der Waals surface area (Å²) in [6.07, 6.45) is 1.82. The van der Waals surface area contributed by atoms with Crippen LogP contribution in [-0.4, -0.2) is 21.6 Å². The summed E-state index contributed by atoms with van der Waals surface area (Å²) in [7, 11) is 0. The van der Waals surface area contributed by atoms with Gasteiger partial charge in [-0.15, -0.1) is 16.7 Å². The van der Waals surface area contributed by atoms with E-state index in [9.17, 15) is 0 Å². The van der Waals surface area contributed by atoms with Crippen LogP contribution in [0, 0.1) is 0 Å². The van der Waals surface area contributed by atoms with Crippen LogP contribution < -0.4 is 4.74 Å². The van der Waals surface area contributed by atoms with Crippen LogP contribution in [0.5, 0.6) is 5.75 Å². The molecule has 0 radical (unpaired) electrons. The maximum absolute atomic E-state index is 5.94. The van der Waals surface area contributed by atoms with Gasteiger partial charge in [0.1, 0.15) is 11.4 Å². The minimum atomic E-state index is -0.140. The summed E-state index contributed by atoms with van der Waals surface area (Å²) in [6, 6.07) is 7.70. The third-order valence-electron chi connectivity index (χ3n) is 2.31. The van der Waals surface area contributed by atoms with E-state index >= 15 is 0 Å². The van der Waals surface area contributed by atoms with Gasteiger partial charge < -0.3 is 4.74 Å². The van der Waals surface area contributed by atoms with Crippen molar-refractivity contribution in [1.82, 2.24) is 15.0 Å². The summed E-state index contributed by atoms with van der Waals surface area (Å²) in [5.74, 6) is 0.820. The van der Waals surface area contributed by atoms with E-state index in [1.54, 1.807) is 4.68 Å². The quantitative estimate of drug-likeness (QED) is 0.785. The van der Waals surface area contributed by atoms with Gasteiger partial charge in [-0.05, 0) is 26.0 Å². The van der Waals surface area contributed by atoms with Gasteiger partial charge in [0.2, 0.25) is 0 Å². The van der Waals surface area contributed by atoms with Gasteiger partial charge in [0.15, 0.2) is 0 Å². The number of rotatable bonds is 4. The maximum Gasteiger partial charge on any atom is 0.121 e. The molecule has 4 nitrogen and oxygen atoms in total. The Bertz CT molecular complexity index is 496. The van der Waals surface area contributed by atoms with E-state index in [2.05, 4.69) is 10.3 Å². The van der Waals surface area contributed by atoms with E-state index in [1.165, 1.54) is 0 Å². The minimum Gasteiger partial charge on any atom is -0.494 e. The lowest BCUT2D eigenvalue weighted by atomic mass is 10.3. The summed E-state index contributed by atoms with van der Waals surface area (Å²) in [5, 5.41) is 7.90. The van der Waals surface area contributed by atoms with Crippen molar-refractivity contribution in [1.29, 1.82) is 0 Å². The highest BCUT2D eigenvalue weighted by molar-refractivity contribution is 6.20. The first-order valence-corrected chi connectivity index (χ1v) is 5.94. The summed E-state index contributed by atoms with van der Waals surface area (Å²) in [6.45, 7) is 4.47. The third-order valence-corrected chi connectivity index (χ3v) is 2.54. The van der Waals surface area contributed by atoms with Gasteiger partial charge in [0.05, 0.1) is 23.9 Å². The number of halogens is 1. The molecule has 90 valence electrons. The van der Waals surface area contributed by atoms with Gasteiger partial charge in [0, 0.05) is 6.07 Å². The van der Waals surface area contributed by atoms with Crippen molar-refractivity contribution < 1.29 is 4.74 Å². The second-order valence-corrected chi connectivity index (χ2v) is 4.29. The van der Waals surface area contributed by atoms with E-state index in [-0.39, 0.29) is 5.38 Å². The zero-order valence-corrected chi connectivity index (χ0v) is 10.6. The lowest BCUT2D eigenvalue weighted by Crippen LogP contribution is -1.97. The van der Waals surface area contributed by atoms with Crippen LogP contribution in [-0.2, 0) is 0 Å². The Labute approximate surface area is 105 Å². The lowest BCUT2D eigenvalue weighted by Gasteiger charge is -2.05. The Kier molecular flexibility index (Phi) is 3.64. The van der Waals surface area contributed by atoms with Crippen molar-refractivity contribution >= 4 is 11.6 Å². The molecule has 1 atom stereocenters. The lowest BCUT2D eigenvalue weighted by molar-refractivity contribution is 0.340. The summed E-state index contributed by atoms with van der Waals surface area (Å²) in [4.78, 5) is 0. The molecular formula is C12H14ClN3O. The molecule has 1 aromatic heterocycles. The highest BCUT2D eigenvalue weighted by Crippen LogP contribution is 2.19. The molecule has 1 unspecified atom stereocenters. The number of aromatic nitrogens is 3. The van der Waals surface area contributed by atoms with Gasteiger partial charge in [0.25, 0.3) is 0 Å². The maximum atomic E-state index is 5.94. The molecule has 17 heavy (non-hydrogen) atoms. The van der Waals surface area contributed by atoms with E-state index in [1.807, 2.05) is 44.3 Å². The average Bonchev–Trinajstić information content (AvgIpc) is 2.79. The summed E-state index contributed by atoms with van der Waals surface area (Å²) in [5.41, 5.74) is 1.67. The zero-order valence-electron chi connectivity index (χ0n) is 9.80. The standard InChI is InChI=1S/C12H14ClN3O/c1-3-17-11-6-4-5-10(7-11)16-8-12(9(2)13)14-15-16/h4-9H,3H2,1-2H3. The Balaban J connectivity index is 2.28. The predicted molar refractivity (Wildman–Crippen MR) is 66.8 cm³/mol. The second-order valence-electron chi connectivity index (χ2n) is 3.63. The first kappa shape index (κ1) is 11.9. The first-order valence-electron chi connectivity index (χ1n) is 5.50. The topological polar surface area (TPSA) is 39.9 Å². The molecule has 2 rings (SSSR count). The molecule has 0 aliphatic carbocycles. The number of benzene rings is 1. The van der Waals surface area contributed by atoms with Crippen LogP contribution in [0.15, 0.2) is 30.5 Å². The van der Waals surface area contributed by atoms with Crippen molar-refractivity contribution in [3.63, 3.8) is 0 Å². The third kappa shape index (κ3) is 2.77. The van der Waals surface area contributed by atoms with Crippen LogP contribution in [0.2, 0.25) is 0 Å². The number of hydrogen-bond donors (Lipinski definition) is 0. The van der Waals surface area contributed by atoms with Crippen molar-refractivity contribution in [3.8, 4) is 11.4 Å². The molecule has 0 aliphatic rings. The number of hydrogen-bond acceptors (Lipinski definition) is 3. The van der Waals surface area contributed by atoms with Crippen LogP contribution in [0.1, 0.15) is 24.9 Å². The Hall–Kier alpha value is -1.55. The fourth-order valence-electron chi connectivity index (χ4n) is 1.47. The number of nitrogens with zero attached hydrogens (tertiary/aromatic N) is 3. The van der Waals surface area contributed by atoms with Crippen LogP contribution in [0.25, 0.3) is 5.69 Å². The zero-order chi connectivity index (χ0) is 12.3. The Morgan fingerprint density at radius 2 is 2.29 bits per heavy atom. The van der Waals surface area contributed by atoms with Gasteiger partial charge in [-0.25, -0.2) is 4.68 Å². The molecule has 0 fully saturated rings. The predicted octanol–water partition coefficient (Wildman–Crippen LogP) is 2.97. The highest BCUT2D eigenvalue weighted by Gasteiger charge is 2.08. The van der Waals surface area contributed by atoms with Gasteiger partial charge in [-0.2, -0.15) is 0 Å². The molecular weight excluding hydrogens is 238 g/mol. The van der Waals surface area contributed by atoms with Gasteiger partial charge in [-0.1, -0.05) is 11.3 Å². The van der Waals surface area contributed by atoms with Crippen molar-refractivity contribution in [2.24, 2.45) is 0 Å². The summed E-state index contributed by atoms with van der Waals surface area (Å²) < 4.78 is 7.13. The van der Waals surface area contributed by atoms with E-state index in [0.29, 0.717) is 6.61 Å². The highest BCUT2D eigenvalue weighted by atomic mass is 35.5. The van der Waals surface area contributed by atoms with E-state index in [0.717, 1.165) is 17.1 Å². The van der Waals surface area contributed by atoms with Crippen LogP contribution in [0.3, 0.4) is 0 Å². The number of alkyl halides is 1. The van der Waals surface area contributed by atoms with Crippen molar-refractivity contribution in [2.75, 3.05) is 6.61 Å². The minimum absolute atomic E-state index is 0.140. The Morgan fingerprint density at radius 3 is 2.94 bits per heavy atom. The fraction of sp³-hybridized carbons (Fsp3) is 0.333. The molecule has 1 heterocycles. The fourth-order valence-corrected chi connectivity index (χ4v) is 1.57. The molecule has 5 heteroatoms. The molecule has 0 amide bonds. The smallest absolute Gasteiger partial charge is 0.121 e.